The Hall–Kier alpha value is -3.00. The lowest BCUT2D eigenvalue weighted by molar-refractivity contribution is -0.134. The van der Waals surface area contributed by atoms with Crippen LogP contribution in [0, 0.1) is 0 Å². The van der Waals surface area contributed by atoms with Crippen molar-refractivity contribution in [1.29, 1.82) is 0 Å². The van der Waals surface area contributed by atoms with Crippen molar-refractivity contribution in [2.45, 2.75) is 11.9 Å². The molecular weight excluding hydrogens is 491 g/mol. The predicted octanol–water partition coefficient (Wildman–Crippen LogP) is 6.18. The van der Waals surface area contributed by atoms with E-state index in [2.05, 4.69) is 107 Å². The molecule has 0 aromatic heterocycles. The number of halogens is 1. The molecule has 1 unspecified atom stereocenters. The highest BCUT2D eigenvalue weighted by Crippen LogP contribution is 2.33. The Morgan fingerprint density at radius 1 is 0.636 bits per heavy atom. The molecule has 5 rings (SSSR count). The minimum atomic E-state index is -0.446. The summed E-state index contributed by atoms with van der Waals surface area (Å²) >= 11 is 3.28. The Morgan fingerprint density at radius 3 is 1.33 bits per heavy atom. The van der Waals surface area contributed by atoms with Crippen LogP contribution < -0.4 is 15.9 Å². The van der Waals surface area contributed by atoms with E-state index in [-0.39, 0.29) is 11.0 Å². The number of carbonyl (C=O) groups is 1. The standard InChI is InChI=1S/C18H15P.C11H9BrO2/c1-4-10-16(11-5-1)19(17-12-6-2-7-13-17)18-14-8-3-9-15-18;1-7-9(11(13)14-10(7)12)8-5-3-2-4-6-8/h1-15H;2-6,10H,1H3. The van der Waals surface area contributed by atoms with Crippen LogP contribution >= 0.6 is 23.9 Å². The van der Waals surface area contributed by atoms with Crippen LogP contribution in [0.25, 0.3) is 5.57 Å². The van der Waals surface area contributed by atoms with Crippen molar-refractivity contribution in [1.82, 2.24) is 0 Å². The number of rotatable bonds is 4. The van der Waals surface area contributed by atoms with Crippen molar-refractivity contribution in [2.75, 3.05) is 0 Å². The van der Waals surface area contributed by atoms with Gasteiger partial charge >= 0.3 is 5.97 Å². The minimum absolute atomic E-state index is 0.254. The molecule has 1 atom stereocenters. The molecule has 4 aromatic rings. The van der Waals surface area contributed by atoms with Crippen molar-refractivity contribution >= 4 is 51.3 Å². The monoisotopic (exact) mass is 514 g/mol. The number of hydrogen-bond donors (Lipinski definition) is 0. The molecular formula is C29H24BrO2P. The van der Waals surface area contributed by atoms with Gasteiger partial charge in [0.2, 0.25) is 0 Å². The zero-order valence-electron chi connectivity index (χ0n) is 18.3. The molecule has 0 fully saturated rings. The third-order valence-corrected chi connectivity index (χ3v) is 8.57. The quantitative estimate of drug-likeness (QED) is 0.184. The molecule has 33 heavy (non-hydrogen) atoms. The second kappa shape index (κ2) is 11.2. The fraction of sp³-hybridized carbons (Fsp3) is 0.0690. The summed E-state index contributed by atoms with van der Waals surface area (Å²) in [5, 5.41) is 3.92. The first-order valence-electron chi connectivity index (χ1n) is 10.7. The lowest BCUT2D eigenvalue weighted by Gasteiger charge is -2.18. The van der Waals surface area contributed by atoms with E-state index in [4.69, 9.17) is 4.74 Å². The number of hydrogen-bond acceptors (Lipinski definition) is 2. The van der Waals surface area contributed by atoms with Gasteiger partial charge in [-0.1, -0.05) is 121 Å². The molecule has 0 N–H and O–H groups in total. The number of carbonyl (C=O) groups excluding carboxylic acids is 1. The summed E-state index contributed by atoms with van der Waals surface area (Å²) in [6.07, 6.45) is 0. The van der Waals surface area contributed by atoms with Crippen LogP contribution in [0.3, 0.4) is 0 Å². The normalized spacial score (nSPS) is 15.1. The van der Waals surface area contributed by atoms with Gasteiger partial charge in [-0.3, -0.25) is 0 Å². The van der Waals surface area contributed by atoms with E-state index in [1.165, 1.54) is 15.9 Å². The number of alkyl halides is 1. The molecule has 164 valence electrons. The molecule has 1 aliphatic heterocycles. The van der Waals surface area contributed by atoms with Crippen LogP contribution in [-0.4, -0.2) is 11.0 Å². The number of cyclic esters (lactones) is 1. The highest BCUT2D eigenvalue weighted by Gasteiger charge is 2.29. The zero-order valence-corrected chi connectivity index (χ0v) is 20.7. The van der Waals surface area contributed by atoms with Gasteiger partial charge in [-0.05, 0) is 57.8 Å². The van der Waals surface area contributed by atoms with Gasteiger partial charge in [-0.15, -0.1) is 0 Å². The molecule has 4 aromatic carbocycles. The Labute approximate surface area is 204 Å². The highest BCUT2D eigenvalue weighted by atomic mass is 79.9. The number of esters is 1. The average Bonchev–Trinajstić information content (AvgIpc) is 3.13. The maximum Gasteiger partial charge on any atom is 0.340 e. The SMILES string of the molecule is CC1=C(c2ccccc2)C(=O)OC1Br.c1ccc(P(c2ccccc2)c2ccccc2)cc1. The van der Waals surface area contributed by atoms with Crippen molar-refractivity contribution < 1.29 is 9.53 Å². The molecule has 1 aliphatic rings. The summed E-state index contributed by atoms with van der Waals surface area (Å²) in [4.78, 5) is 11.5. The predicted molar refractivity (Wildman–Crippen MR) is 143 cm³/mol. The largest absolute Gasteiger partial charge is 0.442 e. The number of benzene rings is 4. The summed E-state index contributed by atoms with van der Waals surface area (Å²) in [6.45, 7) is 1.90. The fourth-order valence-electron chi connectivity index (χ4n) is 3.64. The van der Waals surface area contributed by atoms with Gasteiger partial charge in [0.15, 0.2) is 5.01 Å². The molecule has 0 saturated carbocycles. The fourth-order valence-corrected chi connectivity index (χ4v) is 6.35. The maximum absolute atomic E-state index is 11.5. The summed E-state index contributed by atoms with van der Waals surface area (Å²) < 4.78 is 5.04. The van der Waals surface area contributed by atoms with E-state index in [0.717, 1.165) is 11.1 Å². The first kappa shape index (κ1) is 23.2. The molecule has 0 bridgehead atoms. The van der Waals surface area contributed by atoms with E-state index in [1.807, 2.05) is 37.3 Å². The van der Waals surface area contributed by atoms with Crippen LogP contribution in [0.2, 0.25) is 0 Å². The first-order chi connectivity index (χ1) is 16.1. The van der Waals surface area contributed by atoms with Crippen LogP contribution in [-0.2, 0) is 9.53 Å². The second-order valence-electron chi connectivity index (χ2n) is 7.49. The second-order valence-corrected chi connectivity index (χ2v) is 10.5. The van der Waals surface area contributed by atoms with Gasteiger partial charge in [0.1, 0.15) is 0 Å². The average molecular weight is 515 g/mol. The van der Waals surface area contributed by atoms with Gasteiger partial charge in [0.05, 0.1) is 5.57 Å². The smallest absolute Gasteiger partial charge is 0.340 e. The summed E-state index contributed by atoms with van der Waals surface area (Å²) in [5.41, 5.74) is 2.52. The van der Waals surface area contributed by atoms with E-state index < -0.39 is 7.92 Å². The molecule has 0 spiro atoms. The van der Waals surface area contributed by atoms with Gasteiger partial charge < -0.3 is 4.74 Å². The van der Waals surface area contributed by atoms with Crippen molar-refractivity contribution in [3.63, 3.8) is 0 Å². The molecule has 1 heterocycles. The molecule has 0 amide bonds. The van der Waals surface area contributed by atoms with Crippen LogP contribution in [0.4, 0.5) is 0 Å². The Kier molecular flexibility index (Phi) is 7.88. The summed E-state index contributed by atoms with van der Waals surface area (Å²) in [6, 6.07) is 41.9. The molecule has 4 heteroatoms. The Morgan fingerprint density at radius 2 is 1.00 bits per heavy atom. The molecule has 0 saturated heterocycles. The van der Waals surface area contributed by atoms with Gasteiger partial charge in [0.25, 0.3) is 0 Å². The van der Waals surface area contributed by atoms with Gasteiger partial charge in [0, 0.05) is 0 Å². The Bertz CT molecular complexity index is 1120. The zero-order chi connectivity index (χ0) is 23.0. The van der Waals surface area contributed by atoms with Gasteiger partial charge in [-0.25, -0.2) is 4.79 Å². The summed E-state index contributed by atoms with van der Waals surface area (Å²) in [5.74, 6) is -0.254. The first-order valence-corrected chi connectivity index (χ1v) is 13.0. The van der Waals surface area contributed by atoms with Crippen molar-refractivity contribution in [3.05, 3.63) is 132 Å². The van der Waals surface area contributed by atoms with Crippen LogP contribution in [0.15, 0.2) is 127 Å². The lowest BCUT2D eigenvalue weighted by Crippen LogP contribution is -2.20. The number of ether oxygens (including phenoxy) is 1. The van der Waals surface area contributed by atoms with Gasteiger partial charge in [-0.2, -0.15) is 0 Å². The molecule has 0 aliphatic carbocycles. The van der Waals surface area contributed by atoms with E-state index in [0.29, 0.717) is 5.57 Å². The minimum Gasteiger partial charge on any atom is -0.442 e. The highest BCUT2D eigenvalue weighted by molar-refractivity contribution is 9.09. The summed E-state index contributed by atoms with van der Waals surface area (Å²) in [7, 11) is -0.446. The van der Waals surface area contributed by atoms with Crippen molar-refractivity contribution in [2.24, 2.45) is 0 Å². The lowest BCUT2D eigenvalue weighted by atomic mass is 10.0. The third-order valence-electron chi connectivity index (χ3n) is 5.26. The van der Waals surface area contributed by atoms with E-state index in [1.54, 1.807) is 0 Å². The van der Waals surface area contributed by atoms with Crippen molar-refractivity contribution in [3.8, 4) is 0 Å². The third kappa shape index (κ3) is 5.68. The topological polar surface area (TPSA) is 26.3 Å². The van der Waals surface area contributed by atoms with E-state index in [9.17, 15) is 4.79 Å². The molecule has 0 radical (unpaired) electrons. The molecule has 2 nitrogen and oxygen atoms in total. The Balaban J connectivity index is 0.000000165. The maximum atomic E-state index is 11.5. The van der Waals surface area contributed by atoms with Crippen LogP contribution in [0.5, 0.6) is 0 Å². The van der Waals surface area contributed by atoms with E-state index >= 15 is 0 Å². The van der Waals surface area contributed by atoms with Crippen LogP contribution in [0.1, 0.15) is 12.5 Å².